The third kappa shape index (κ3) is 24.2. The summed E-state index contributed by atoms with van der Waals surface area (Å²) in [5.74, 6) is -0.881. The fourth-order valence-corrected chi connectivity index (χ4v) is 4.11. The molecule has 0 spiro atoms. The third-order valence-electron chi connectivity index (χ3n) is 6.30. The number of carboxylic acid groups (broad SMARTS) is 1. The Balaban J connectivity index is 3.34. The molecule has 0 fully saturated rings. The van der Waals surface area contributed by atoms with Gasteiger partial charge in [0.1, 0.15) is 6.04 Å². The number of aliphatic hydroxyl groups is 1. The minimum Gasteiger partial charge on any atom is -0.480 e. The molecule has 0 aliphatic rings. The molecule has 0 amide bonds. The highest BCUT2D eigenvalue weighted by Gasteiger charge is 2.17. The van der Waals surface area contributed by atoms with Gasteiger partial charge in [-0.2, -0.15) is 0 Å². The molecular weight excluding hydrogens is 416 g/mol. The maximum atomic E-state index is 11.2. The van der Waals surface area contributed by atoms with Crippen molar-refractivity contribution in [1.29, 1.82) is 0 Å². The smallest absolute Gasteiger partial charge is 0.320 e. The van der Waals surface area contributed by atoms with Gasteiger partial charge in [-0.3, -0.25) is 4.79 Å². The number of hydrogen-bond acceptors (Lipinski definition) is 5. The van der Waals surface area contributed by atoms with Crippen LogP contribution in [0.4, 0.5) is 0 Å². The standard InChI is InChI=1S/C27H56N2O4/c1-2-3-4-5-6-7-8-9-10-11-12-13-14-15-16-19-22-33-24-25(30)23-29-26(27(31)32)20-17-18-21-28/h25-26,29-30H,2-24,28H2,1H3,(H,31,32)/t25?,26-/m0/s1. The number of nitrogens with one attached hydrogen (secondary N) is 1. The van der Waals surface area contributed by atoms with Crippen molar-refractivity contribution in [3.8, 4) is 0 Å². The zero-order chi connectivity index (χ0) is 24.4. The van der Waals surface area contributed by atoms with Crippen LogP contribution in [0.3, 0.4) is 0 Å². The van der Waals surface area contributed by atoms with Crippen LogP contribution in [-0.4, -0.2) is 54.6 Å². The Kier molecular flexibility index (Phi) is 25.4. The topological polar surface area (TPSA) is 105 Å². The van der Waals surface area contributed by atoms with Crippen LogP contribution in [0.2, 0.25) is 0 Å². The van der Waals surface area contributed by atoms with Crippen molar-refractivity contribution in [2.24, 2.45) is 5.73 Å². The molecule has 6 heteroatoms. The van der Waals surface area contributed by atoms with E-state index in [1.165, 1.54) is 96.3 Å². The predicted molar refractivity (Wildman–Crippen MR) is 139 cm³/mol. The van der Waals surface area contributed by atoms with Crippen LogP contribution in [0.15, 0.2) is 0 Å². The van der Waals surface area contributed by atoms with Gasteiger partial charge < -0.3 is 26.0 Å². The van der Waals surface area contributed by atoms with E-state index in [9.17, 15) is 15.0 Å². The number of carboxylic acids is 1. The van der Waals surface area contributed by atoms with E-state index in [0.717, 1.165) is 19.3 Å². The maximum absolute atomic E-state index is 11.2. The van der Waals surface area contributed by atoms with Crippen LogP contribution in [0.1, 0.15) is 129 Å². The van der Waals surface area contributed by atoms with Crippen molar-refractivity contribution >= 4 is 5.97 Å². The van der Waals surface area contributed by atoms with E-state index in [2.05, 4.69) is 12.2 Å². The van der Waals surface area contributed by atoms with Crippen LogP contribution >= 0.6 is 0 Å². The van der Waals surface area contributed by atoms with E-state index in [-0.39, 0.29) is 13.2 Å². The summed E-state index contributed by atoms with van der Waals surface area (Å²) in [6.45, 7) is 3.99. The van der Waals surface area contributed by atoms with Gasteiger partial charge in [-0.1, -0.05) is 110 Å². The summed E-state index contributed by atoms with van der Waals surface area (Å²) < 4.78 is 5.55. The van der Waals surface area contributed by atoms with Crippen molar-refractivity contribution in [3.63, 3.8) is 0 Å². The summed E-state index contributed by atoms with van der Waals surface area (Å²) in [6, 6.07) is -0.633. The summed E-state index contributed by atoms with van der Waals surface area (Å²) in [5, 5.41) is 22.1. The SMILES string of the molecule is CCCCCCCCCCCCCCCCCCOCC(O)CN[C@@H](CCCCN)C(=O)O. The molecule has 0 aromatic carbocycles. The Labute approximate surface area is 204 Å². The zero-order valence-electron chi connectivity index (χ0n) is 21.7. The molecule has 0 saturated heterocycles. The first-order chi connectivity index (χ1) is 16.1. The number of aliphatic hydroxyl groups excluding tert-OH is 1. The molecule has 0 saturated carbocycles. The first kappa shape index (κ1) is 32.3. The summed E-state index contributed by atoms with van der Waals surface area (Å²) in [4.78, 5) is 11.2. The summed E-state index contributed by atoms with van der Waals surface area (Å²) in [5.41, 5.74) is 5.45. The van der Waals surface area contributed by atoms with E-state index < -0.39 is 18.1 Å². The predicted octanol–water partition coefficient (Wildman–Crippen LogP) is 5.80. The Morgan fingerprint density at radius 3 is 1.73 bits per heavy atom. The molecule has 0 radical (unpaired) electrons. The lowest BCUT2D eigenvalue weighted by Crippen LogP contribution is -2.42. The Morgan fingerprint density at radius 2 is 1.27 bits per heavy atom. The van der Waals surface area contributed by atoms with E-state index in [1.807, 2.05) is 0 Å². The monoisotopic (exact) mass is 472 g/mol. The van der Waals surface area contributed by atoms with Gasteiger partial charge in [0.25, 0.3) is 0 Å². The average Bonchev–Trinajstić information content (AvgIpc) is 2.80. The normalized spacial score (nSPS) is 13.3. The average molecular weight is 473 g/mol. The quantitative estimate of drug-likeness (QED) is 0.113. The van der Waals surface area contributed by atoms with Crippen molar-refractivity contribution < 1.29 is 19.7 Å². The van der Waals surface area contributed by atoms with Gasteiger partial charge in [0.15, 0.2) is 0 Å². The minimum absolute atomic E-state index is 0.235. The van der Waals surface area contributed by atoms with Crippen molar-refractivity contribution in [2.75, 3.05) is 26.3 Å². The number of aliphatic carboxylic acids is 1. The van der Waals surface area contributed by atoms with E-state index in [1.54, 1.807) is 0 Å². The van der Waals surface area contributed by atoms with Gasteiger partial charge in [0.2, 0.25) is 0 Å². The second kappa shape index (κ2) is 25.9. The molecule has 0 bridgehead atoms. The number of hydrogen-bond donors (Lipinski definition) is 4. The van der Waals surface area contributed by atoms with Gasteiger partial charge in [-0.15, -0.1) is 0 Å². The number of ether oxygens (including phenoxy) is 1. The maximum Gasteiger partial charge on any atom is 0.320 e. The molecule has 0 aliphatic heterocycles. The number of carbonyl (C=O) groups is 1. The Hall–Kier alpha value is -0.690. The number of nitrogens with two attached hydrogens (primary N) is 1. The van der Waals surface area contributed by atoms with Gasteiger partial charge >= 0.3 is 5.97 Å². The van der Waals surface area contributed by atoms with Crippen molar-refractivity contribution in [1.82, 2.24) is 5.32 Å². The lowest BCUT2D eigenvalue weighted by atomic mass is 10.0. The second-order valence-corrected chi connectivity index (χ2v) is 9.62. The lowest BCUT2D eigenvalue weighted by molar-refractivity contribution is -0.139. The van der Waals surface area contributed by atoms with Gasteiger partial charge in [-0.25, -0.2) is 0 Å². The highest BCUT2D eigenvalue weighted by molar-refractivity contribution is 5.73. The molecule has 1 unspecified atom stereocenters. The summed E-state index contributed by atoms with van der Waals surface area (Å²) in [6.07, 6.45) is 23.0. The highest BCUT2D eigenvalue weighted by Crippen LogP contribution is 2.13. The fraction of sp³-hybridized carbons (Fsp3) is 0.963. The van der Waals surface area contributed by atoms with E-state index in [4.69, 9.17) is 10.5 Å². The van der Waals surface area contributed by atoms with Crippen molar-refractivity contribution in [2.45, 2.75) is 141 Å². The molecule has 0 aliphatic carbocycles. The molecular formula is C27H56N2O4. The first-order valence-corrected chi connectivity index (χ1v) is 14.0. The number of unbranched alkanes of at least 4 members (excludes halogenated alkanes) is 16. The molecule has 198 valence electrons. The zero-order valence-corrected chi connectivity index (χ0v) is 21.7. The van der Waals surface area contributed by atoms with E-state index >= 15 is 0 Å². The molecule has 0 heterocycles. The molecule has 0 aromatic rings. The molecule has 0 aromatic heterocycles. The fourth-order valence-electron chi connectivity index (χ4n) is 4.11. The van der Waals surface area contributed by atoms with Crippen molar-refractivity contribution in [3.05, 3.63) is 0 Å². The second-order valence-electron chi connectivity index (χ2n) is 9.62. The lowest BCUT2D eigenvalue weighted by Gasteiger charge is -2.17. The van der Waals surface area contributed by atoms with Crippen LogP contribution in [0.25, 0.3) is 0 Å². The van der Waals surface area contributed by atoms with E-state index in [0.29, 0.717) is 19.6 Å². The third-order valence-corrected chi connectivity index (χ3v) is 6.30. The minimum atomic E-state index is -0.881. The first-order valence-electron chi connectivity index (χ1n) is 14.0. The van der Waals surface area contributed by atoms with Crippen LogP contribution in [0.5, 0.6) is 0 Å². The summed E-state index contributed by atoms with van der Waals surface area (Å²) in [7, 11) is 0. The van der Waals surface area contributed by atoms with Gasteiger partial charge in [0.05, 0.1) is 12.7 Å². The summed E-state index contributed by atoms with van der Waals surface area (Å²) >= 11 is 0. The molecule has 6 nitrogen and oxygen atoms in total. The molecule has 2 atom stereocenters. The van der Waals surface area contributed by atoms with Gasteiger partial charge in [-0.05, 0) is 25.8 Å². The molecule has 5 N–H and O–H groups in total. The Bertz CT molecular complexity index is 410. The van der Waals surface area contributed by atoms with Gasteiger partial charge in [0, 0.05) is 13.2 Å². The largest absolute Gasteiger partial charge is 0.480 e. The van der Waals surface area contributed by atoms with Crippen LogP contribution in [-0.2, 0) is 9.53 Å². The molecule has 0 rings (SSSR count). The Morgan fingerprint density at radius 1 is 0.788 bits per heavy atom. The molecule has 33 heavy (non-hydrogen) atoms. The van der Waals surface area contributed by atoms with Crippen LogP contribution < -0.4 is 11.1 Å². The number of rotatable bonds is 27. The van der Waals surface area contributed by atoms with Crippen LogP contribution in [0, 0.1) is 0 Å². The highest BCUT2D eigenvalue weighted by atomic mass is 16.5.